The van der Waals surface area contributed by atoms with E-state index in [1.54, 1.807) is 26.0 Å². The van der Waals surface area contributed by atoms with Crippen molar-refractivity contribution in [3.63, 3.8) is 0 Å². The summed E-state index contributed by atoms with van der Waals surface area (Å²) in [6.45, 7) is 3.99. The molecule has 0 aromatic heterocycles. The number of esters is 1. The monoisotopic (exact) mass is 554 g/mol. The Hall–Kier alpha value is -3.85. The number of aliphatic hydroxyl groups is 1. The van der Waals surface area contributed by atoms with E-state index in [0.29, 0.717) is 60.0 Å². The lowest BCUT2D eigenvalue weighted by atomic mass is 9.98. The van der Waals surface area contributed by atoms with Gasteiger partial charge in [-0.2, -0.15) is 0 Å². The predicted molar refractivity (Wildman–Crippen MR) is 142 cm³/mol. The second kappa shape index (κ2) is 11.3. The van der Waals surface area contributed by atoms with E-state index >= 15 is 4.39 Å². The number of halogens is 2. The first-order valence-corrected chi connectivity index (χ1v) is 13.3. The van der Waals surface area contributed by atoms with Gasteiger partial charge in [-0.1, -0.05) is 6.07 Å². The Balaban J connectivity index is 1.31. The normalized spacial score (nSPS) is 17.6. The van der Waals surface area contributed by atoms with Crippen LogP contribution in [-0.4, -0.2) is 37.0 Å². The van der Waals surface area contributed by atoms with E-state index in [1.807, 2.05) is 6.07 Å². The molecule has 1 aliphatic carbocycles. The van der Waals surface area contributed by atoms with Gasteiger partial charge in [-0.15, -0.1) is 0 Å². The van der Waals surface area contributed by atoms with Gasteiger partial charge in [0, 0.05) is 41.2 Å². The van der Waals surface area contributed by atoms with Gasteiger partial charge in [-0.3, -0.25) is 4.79 Å². The van der Waals surface area contributed by atoms with Gasteiger partial charge < -0.3 is 28.8 Å². The first kappa shape index (κ1) is 27.7. The number of benzene rings is 3. The molecule has 3 aromatic rings. The quantitative estimate of drug-likeness (QED) is 0.290. The van der Waals surface area contributed by atoms with E-state index in [-0.39, 0.29) is 30.7 Å². The van der Waals surface area contributed by atoms with Crippen molar-refractivity contribution in [2.45, 2.75) is 57.2 Å². The van der Waals surface area contributed by atoms with Crippen LogP contribution in [0.3, 0.4) is 0 Å². The second-order valence-electron chi connectivity index (χ2n) is 10.7. The van der Waals surface area contributed by atoms with E-state index in [4.69, 9.17) is 23.7 Å². The zero-order valence-electron chi connectivity index (χ0n) is 22.7. The molecule has 7 nitrogen and oxygen atoms in total. The molecule has 0 saturated heterocycles. The number of hydrogen-bond acceptors (Lipinski definition) is 7. The maximum atomic E-state index is 15.0. The largest absolute Gasteiger partial charge is 0.493 e. The fraction of sp³-hybridized carbons (Fsp3) is 0.387. The number of hydrogen-bond donors (Lipinski definition) is 1. The third kappa shape index (κ3) is 6.14. The lowest BCUT2D eigenvalue weighted by Gasteiger charge is -2.18. The molecule has 2 aliphatic rings. The molecule has 2 atom stereocenters. The van der Waals surface area contributed by atoms with Gasteiger partial charge in [0.2, 0.25) is 0 Å². The molecule has 5 rings (SSSR count). The van der Waals surface area contributed by atoms with Crippen LogP contribution in [0.4, 0.5) is 8.78 Å². The second-order valence-corrected chi connectivity index (χ2v) is 10.7. The Morgan fingerprint density at radius 3 is 2.60 bits per heavy atom. The molecule has 0 fully saturated rings. The summed E-state index contributed by atoms with van der Waals surface area (Å²) in [6.07, 6.45) is 1.06. The first-order chi connectivity index (χ1) is 19.1. The molecule has 1 N–H and O–H groups in total. The highest BCUT2D eigenvalue weighted by molar-refractivity contribution is 5.71. The molecule has 1 unspecified atom stereocenters. The van der Waals surface area contributed by atoms with Crippen LogP contribution in [0.2, 0.25) is 0 Å². The van der Waals surface area contributed by atoms with Crippen molar-refractivity contribution in [1.82, 2.24) is 0 Å². The Bertz CT molecular complexity index is 1400. The number of carbonyl (C=O) groups excluding carboxylic acids is 1. The fourth-order valence-corrected chi connectivity index (χ4v) is 4.99. The average molecular weight is 555 g/mol. The molecule has 3 aromatic carbocycles. The van der Waals surface area contributed by atoms with Gasteiger partial charge in [0.05, 0.1) is 32.3 Å². The minimum Gasteiger partial charge on any atom is -0.493 e. The number of rotatable bonds is 10. The lowest BCUT2D eigenvalue weighted by molar-refractivity contribution is -0.141. The maximum Gasteiger partial charge on any atom is 0.306 e. The van der Waals surface area contributed by atoms with Crippen LogP contribution in [0.25, 0.3) is 0 Å². The summed E-state index contributed by atoms with van der Waals surface area (Å²) in [6, 6.07) is 12.4. The summed E-state index contributed by atoms with van der Waals surface area (Å²) in [7, 11) is 1.36. The molecule has 40 heavy (non-hydrogen) atoms. The molecule has 0 spiro atoms. The average Bonchev–Trinajstić information content (AvgIpc) is 3.51. The summed E-state index contributed by atoms with van der Waals surface area (Å²) >= 11 is 0. The lowest BCUT2D eigenvalue weighted by Crippen LogP contribution is -2.21. The third-order valence-electron chi connectivity index (χ3n) is 7.13. The minimum atomic E-state index is -0.883. The van der Waals surface area contributed by atoms with Crippen LogP contribution >= 0.6 is 0 Å². The van der Waals surface area contributed by atoms with Crippen LogP contribution < -0.4 is 18.9 Å². The standard InChI is InChI=1S/C31H32F2O7/c1-31(2,35)12-13-37-19-5-8-23(32)28(15-19)40-25-11-9-24(33)30-22(25)7-10-26(30)39-20-4-6-21-18(14-29(34)36-3)17-38-27(21)16-20/h4-6,8-9,11,15-16,18,26,35H,7,10,12-14,17H2,1-3H3/t18?,26-/m1/s1. The van der Waals surface area contributed by atoms with E-state index in [9.17, 15) is 14.3 Å². The number of fused-ring (bicyclic) bond motifs is 2. The Labute approximate surface area is 231 Å². The summed E-state index contributed by atoms with van der Waals surface area (Å²) in [5.74, 6) is 0.439. The summed E-state index contributed by atoms with van der Waals surface area (Å²) in [5, 5.41) is 9.88. The molecule has 0 bridgehead atoms. The van der Waals surface area contributed by atoms with Gasteiger partial charge in [0.1, 0.15) is 34.9 Å². The van der Waals surface area contributed by atoms with Gasteiger partial charge in [-0.05, 0) is 57.0 Å². The van der Waals surface area contributed by atoms with Crippen LogP contribution in [0, 0.1) is 11.6 Å². The van der Waals surface area contributed by atoms with E-state index < -0.39 is 23.3 Å². The Kier molecular flexibility index (Phi) is 7.85. The minimum absolute atomic E-state index is 0.0452. The SMILES string of the molecule is COC(=O)CC1COc2cc(O[C@@H]3CCc4c(Oc5cc(OCCC(C)(C)O)ccc5F)ccc(F)c43)ccc21. The van der Waals surface area contributed by atoms with Gasteiger partial charge >= 0.3 is 5.97 Å². The fourth-order valence-electron chi connectivity index (χ4n) is 4.99. The predicted octanol–water partition coefficient (Wildman–Crippen LogP) is 6.40. The van der Waals surface area contributed by atoms with Gasteiger partial charge in [-0.25, -0.2) is 8.78 Å². The van der Waals surface area contributed by atoms with Crippen LogP contribution in [0.1, 0.15) is 61.8 Å². The Morgan fingerprint density at radius 2 is 1.82 bits per heavy atom. The highest BCUT2D eigenvalue weighted by Gasteiger charge is 2.32. The molecule has 9 heteroatoms. The first-order valence-electron chi connectivity index (χ1n) is 13.3. The van der Waals surface area contributed by atoms with Crippen molar-refractivity contribution in [1.29, 1.82) is 0 Å². The number of ether oxygens (including phenoxy) is 5. The van der Waals surface area contributed by atoms with Crippen molar-refractivity contribution in [3.05, 3.63) is 76.9 Å². The molecule has 1 heterocycles. The van der Waals surface area contributed by atoms with Gasteiger partial charge in [0.25, 0.3) is 0 Å². The highest BCUT2D eigenvalue weighted by Crippen LogP contribution is 2.45. The summed E-state index contributed by atoms with van der Waals surface area (Å²) in [5.41, 5.74) is 1.01. The molecule has 212 valence electrons. The van der Waals surface area contributed by atoms with Crippen molar-refractivity contribution in [2.24, 2.45) is 0 Å². The van der Waals surface area contributed by atoms with Crippen LogP contribution in [-0.2, 0) is 16.0 Å². The van der Waals surface area contributed by atoms with E-state index in [0.717, 1.165) is 5.56 Å². The Morgan fingerprint density at radius 1 is 1.05 bits per heavy atom. The molecular formula is C31H32F2O7. The van der Waals surface area contributed by atoms with Crippen molar-refractivity contribution in [2.75, 3.05) is 20.3 Å². The van der Waals surface area contributed by atoms with Crippen LogP contribution in [0.15, 0.2) is 48.5 Å². The number of carbonyl (C=O) groups is 1. The smallest absolute Gasteiger partial charge is 0.306 e. The summed E-state index contributed by atoms with van der Waals surface area (Å²) < 4.78 is 58.0. The van der Waals surface area contributed by atoms with Crippen molar-refractivity contribution in [3.8, 4) is 28.7 Å². The van der Waals surface area contributed by atoms with Crippen molar-refractivity contribution >= 4 is 5.97 Å². The molecule has 0 amide bonds. The third-order valence-corrected chi connectivity index (χ3v) is 7.13. The highest BCUT2D eigenvalue weighted by atomic mass is 19.1. The topological polar surface area (TPSA) is 83.5 Å². The molecule has 1 aliphatic heterocycles. The maximum absolute atomic E-state index is 15.0. The molecule has 0 saturated carbocycles. The van der Waals surface area contributed by atoms with E-state index in [2.05, 4.69) is 0 Å². The van der Waals surface area contributed by atoms with Crippen LogP contribution in [0.5, 0.6) is 28.7 Å². The zero-order chi connectivity index (χ0) is 28.4. The van der Waals surface area contributed by atoms with Crippen molar-refractivity contribution < 1.29 is 42.4 Å². The summed E-state index contributed by atoms with van der Waals surface area (Å²) in [4.78, 5) is 11.7. The zero-order valence-corrected chi connectivity index (χ0v) is 22.7. The van der Waals surface area contributed by atoms with Gasteiger partial charge in [0.15, 0.2) is 11.6 Å². The molecule has 0 radical (unpaired) electrons. The number of methoxy groups -OCH3 is 1. The molecular weight excluding hydrogens is 522 g/mol. The van der Waals surface area contributed by atoms with E-state index in [1.165, 1.54) is 37.4 Å².